The molecule has 0 saturated heterocycles. The molecule has 0 aliphatic carbocycles. The maximum Gasteiger partial charge on any atom is 0.171 e. The minimum atomic E-state index is 0.551. The van der Waals surface area contributed by atoms with E-state index in [1.54, 1.807) is 6.20 Å². The van der Waals surface area contributed by atoms with Crippen LogP contribution in [0.5, 0.6) is 0 Å². The molecule has 0 aliphatic heterocycles. The summed E-state index contributed by atoms with van der Waals surface area (Å²) in [5.41, 5.74) is 3.50. The lowest BCUT2D eigenvalue weighted by molar-refractivity contribution is 0.431. The van der Waals surface area contributed by atoms with E-state index in [4.69, 9.17) is 4.52 Å². The van der Waals surface area contributed by atoms with Crippen molar-refractivity contribution in [3.05, 3.63) is 41.6 Å². The summed E-state index contributed by atoms with van der Waals surface area (Å²) in [6.45, 7) is 5.15. The summed E-state index contributed by atoms with van der Waals surface area (Å²) >= 11 is 0. The number of rotatable bonds is 4. The van der Waals surface area contributed by atoms with E-state index < -0.39 is 0 Å². The van der Waals surface area contributed by atoms with Gasteiger partial charge in [0.15, 0.2) is 5.76 Å². The Bertz CT molecular complexity index is 471. The number of hydrogen-bond acceptors (Lipinski definition) is 3. The number of nitrogens with zero attached hydrogens (tertiary/aromatic N) is 1. The molecule has 17 heavy (non-hydrogen) atoms. The van der Waals surface area contributed by atoms with E-state index in [0.717, 1.165) is 23.4 Å². The van der Waals surface area contributed by atoms with E-state index in [0.29, 0.717) is 5.92 Å². The van der Waals surface area contributed by atoms with Crippen LogP contribution < -0.4 is 5.32 Å². The van der Waals surface area contributed by atoms with Gasteiger partial charge >= 0.3 is 0 Å². The van der Waals surface area contributed by atoms with Crippen molar-refractivity contribution in [3.63, 3.8) is 0 Å². The second-order valence-corrected chi connectivity index (χ2v) is 4.49. The summed E-state index contributed by atoms with van der Waals surface area (Å²) in [4.78, 5) is 0. The summed E-state index contributed by atoms with van der Waals surface area (Å²) in [5, 5.41) is 6.97. The van der Waals surface area contributed by atoms with Crippen molar-refractivity contribution < 1.29 is 4.52 Å². The van der Waals surface area contributed by atoms with Gasteiger partial charge in [-0.1, -0.05) is 43.3 Å². The van der Waals surface area contributed by atoms with Crippen LogP contribution in [0.25, 0.3) is 11.3 Å². The maximum atomic E-state index is 5.31. The zero-order chi connectivity index (χ0) is 12.3. The second kappa shape index (κ2) is 5.15. The third-order valence-electron chi connectivity index (χ3n) is 2.85. The molecule has 0 unspecified atom stereocenters. The lowest BCUT2D eigenvalue weighted by Gasteiger charge is -2.06. The Balaban J connectivity index is 2.30. The van der Waals surface area contributed by atoms with Crippen LogP contribution in [0.15, 0.2) is 35.0 Å². The van der Waals surface area contributed by atoms with Crippen LogP contribution in [0, 0.1) is 0 Å². The number of aromatic nitrogens is 1. The van der Waals surface area contributed by atoms with Crippen molar-refractivity contribution in [2.24, 2.45) is 0 Å². The molecular formula is C14H18N2O. The minimum absolute atomic E-state index is 0.551. The fourth-order valence-corrected chi connectivity index (χ4v) is 1.83. The first-order valence-corrected chi connectivity index (χ1v) is 5.91. The smallest absolute Gasteiger partial charge is 0.171 e. The predicted molar refractivity (Wildman–Crippen MR) is 68.8 cm³/mol. The molecule has 0 amide bonds. The van der Waals surface area contributed by atoms with E-state index in [1.807, 2.05) is 7.05 Å². The molecule has 0 atom stereocenters. The Labute approximate surface area is 102 Å². The molecule has 1 heterocycles. The number of benzene rings is 1. The van der Waals surface area contributed by atoms with Crippen molar-refractivity contribution in [2.45, 2.75) is 26.3 Å². The van der Waals surface area contributed by atoms with E-state index in [-0.39, 0.29) is 0 Å². The molecule has 2 rings (SSSR count). The van der Waals surface area contributed by atoms with Crippen molar-refractivity contribution in [1.82, 2.24) is 10.5 Å². The highest BCUT2D eigenvalue weighted by atomic mass is 16.5. The van der Waals surface area contributed by atoms with Gasteiger partial charge in [-0.25, -0.2) is 0 Å². The topological polar surface area (TPSA) is 38.1 Å². The van der Waals surface area contributed by atoms with Gasteiger partial charge in [0, 0.05) is 17.7 Å². The molecule has 3 nitrogen and oxygen atoms in total. The molecule has 1 aromatic heterocycles. The summed E-state index contributed by atoms with van der Waals surface area (Å²) in [5.74, 6) is 1.41. The average Bonchev–Trinajstić information content (AvgIpc) is 2.78. The molecule has 0 aliphatic rings. The fraction of sp³-hybridized carbons (Fsp3) is 0.357. The van der Waals surface area contributed by atoms with Gasteiger partial charge in [-0.05, 0) is 18.5 Å². The molecule has 1 N–H and O–H groups in total. The van der Waals surface area contributed by atoms with Crippen LogP contribution in [0.1, 0.15) is 30.9 Å². The van der Waals surface area contributed by atoms with Crippen LogP contribution >= 0.6 is 0 Å². The van der Waals surface area contributed by atoms with E-state index in [1.165, 1.54) is 5.56 Å². The van der Waals surface area contributed by atoms with E-state index in [2.05, 4.69) is 48.6 Å². The first kappa shape index (κ1) is 11.9. The van der Waals surface area contributed by atoms with Crippen molar-refractivity contribution >= 4 is 0 Å². The highest BCUT2D eigenvalue weighted by molar-refractivity contribution is 5.61. The number of nitrogens with one attached hydrogen (secondary N) is 1. The van der Waals surface area contributed by atoms with Crippen LogP contribution in [-0.2, 0) is 6.54 Å². The lowest BCUT2D eigenvalue weighted by atomic mass is 10.0. The summed E-state index contributed by atoms with van der Waals surface area (Å²) in [6, 6.07) is 8.47. The monoisotopic (exact) mass is 230 g/mol. The van der Waals surface area contributed by atoms with Gasteiger partial charge in [-0.2, -0.15) is 0 Å². The Kier molecular flexibility index (Phi) is 3.59. The normalized spacial score (nSPS) is 11.1. The van der Waals surface area contributed by atoms with Gasteiger partial charge < -0.3 is 9.84 Å². The summed E-state index contributed by atoms with van der Waals surface area (Å²) in [6.07, 6.45) is 1.77. The lowest BCUT2D eigenvalue weighted by Crippen LogP contribution is -2.04. The average molecular weight is 230 g/mol. The Morgan fingerprint density at radius 1 is 1.24 bits per heavy atom. The molecule has 3 heteroatoms. The molecule has 0 radical (unpaired) electrons. The SMILES string of the molecule is CNCc1cnoc1-c1ccc(C(C)C)cc1. The third-order valence-corrected chi connectivity index (χ3v) is 2.85. The predicted octanol–water partition coefficient (Wildman–Crippen LogP) is 3.18. The van der Waals surface area contributed by atoms with Gasteiger partial charge in [0.25, 0.3) is 0 Å². The van der Waals surface area contributed by atoms with Gasteiger partial charge in [-0.3, -0.25) is 0 Å². The Morgan fingerprint density at radius 3 is 2.53 bits per heavy atom. The van der Waals surface area contributed by atoms with Gasteiger partial charge in [0.1, 0.15) is 0 Å². The van der Waals surface area contributed by atoms with Crippen molar-refractivity contribution in [2.75, 3.05) is 7.05 Å². The molecule has 0 fully saturated rings. The third kappa shape index (κ3) is 2.56. The van der Waals surface area contributed by atoms with Gasteiger partial charge in [0.2, 0.25) is 0 Å². The fourth-order valence-electron chi connectivity index (χ4n) is 1.83. The van der Waals surface area contributed by atoms with Crippen LogP contribution in [0.2, 0.25) is 0 Å². The molecule has 0 saturated carbocycles. The van der Waals surface area contributed by atoms with Gasteiger partial charge in [0.05, 0.1) is 6.20 Å². The van der Waals surface area contributed by atoms with Crippen LogP contribution in [0.3, 0.4) is 0 Å². The molecule has 1 aromatic carbocycles. The molecule has 2 aromatic rings. The first-order chi connectivity index (χ1) is 8.22. The van der Waals surface area contributed by atoms with Crippen molar-refractivity contribution in [3.8, 4) is 11.3 Å². The minimum Gasteiger partial charge on any atom is -0.356 e. The van der Waals surface area contributed by atoms with Crippen molar-refractivity contribution in [1.29, 1.82) is 0 Å². The Morgan fingerprint density at radius 2 is 1.94 bits per heavy atom. The first-order valence-electron chi connectivity index (χ1n) is 5.91. The number of hydrogen-bond donors (Lipinski definition) is 1. The molecule has 0 bridgehead atoms. The highest BCUT2D eigenvalue weighted by Gasteiger charge is 2.10. The summed E-state index contributed by atoms with van der Waals surface area (Å²) < 4.78 is 5.31. The zero-order valence-electron chi connectivity index (χ0n) is 10.5. The molecule has 90 valence electrons. The van der Waals surface area contributed by atoms with E-state index >= 15 is 0 Å². The zero-order valence-corrected chi connectivity index (χ0v) is 10.5. The van der Waals surface area contributed by atoms with Crippen LogP contribution in [0.4, 0.5) is 0 Å². The molecular weight excluding hydrogens is 212 g/mol. The largest absolute Gasteiger partial charge is 0.356 e. The van der Waals surface area contributed by atoms with E-state index in [9.17, 15) is 0 Å². The standard InChI is InChI=1S/C14H18N2O/c1-10(2)11-4-6-12(7-5-11)14-13(8-15-3)9-16-17-14/h4-7,9-10,15H,8H2,1-3H3. The second-order valence-electron chi connectivity index (χ2n) is 4.49. The highest BCUT2D eigenvalue weighted by Crippen LogP contribution is 2.25. The van der Waals surface area contributed by atoms with Crippen LogP contribution in [-0.4, -0.2) is 12.2 Å². The quantitative estimate of drug-likeness (QED) is 0.876. The van der Waals surface area contributed by atoms with Gasteiger partial charge in [-0.15, -0.1) is 0 Å². The Hall–Kier alpha value is -1.61. The maximum absolute atomic E-state index is 5.31. The summed E-state index contributed by atoms with van der Waals surface area (Å²) in [7, 11) is 1.92. The molecule has 0 spiro atoms.